The molecular weight excluding hydrogens is 170 g/mol. The number of nitrogens with one attached hydrogen (secondary N) is 1. The molecule has 0 aromatic carbocycles. The van der Waals surface area contributed by atoms with Gasteiger partial charge in [-0.1, -0.05) is 33.1 Å². The highest BCUT2D eigenvalue weighted by Crippen LogP contribution is 2.11. The lowest BCUT2D eigenvalue weighted by Gasteiger charge is -2.18. The van der Waals surface area contributed by atoms with Crippen LogP contribution in [0.2, 0.25) is 0 Å². The summed E-state index contributed by atoms with van der Waals surface area (Å²) in [4.78, 5) is 0. The smallest absolute Gasteiger partial charge is 0.0238 e. The van der Waals surface area contributed by atoms with E-state index in [1.807, 2.05) is 0 Å². The van der Waals surface area contributed by atoms with Crippen molar-refractivity contribution in [1.82, 2.24) is 5.32 Å². The van der Waals surface area contributed by atoms with Gasteiger partial charge >= 0.3 is 0 Å². The van der Waals surface area contributed by atoms with Gasteiger partial charge in [0.05, 0.1) is 0 Å². The first-order valence-corrected chi connectivity index (χ1v) is 5.91. The van der Waals surface area contributed by atoms with E-state index in [-0.39, 0.29) is 0 Å². The average Bonchev–Trinajstić information content (AvgIpc) is 2.19. The average molecular weight is 195 g/mol. The molecule has 0 rings (SSSR count). The van der Waals surface area contributed by atoms with Crippen molar-refractivity contribution in [3.63, 3.8) is 0 Å². The van der Waals surface area contributed by atoms with Crippen molar-refractivity contribution < 1.29 is 0 Å². The second-order valence-corrected chi connectivity index (χ2v) is 4.13. The van der Waals surface area contributed by atoms with Gasteiger partial charge in [-0.05, 0) is 25.8 Å². The number of hydrogen-bond donors (Lipinski definition) is 1. The Bertz CT molecular complexity index is 157. The molecule has 2 unspecified atom stereocenters. The predicted octanol–water partition coefficient (Wildman–Crippen LogP) is 3.20. The van der Waals surface area contributed by atoms with Crippen LogP contribution in [0.25, 0.3) is 0 Å². The summed E-state index contributed by atoms with van der Waals surface area (Å²) < 4.78 is 0. The van der Waals surface area contributed by atoms with Crippen LogP contribution >= 0.6 is 0 Å². The fourth-order valence-corrected chi connectivity index (χ4v) is 1.56. The summed E-state index contributed by atoms with van der Waals surface area (Å²) in [6.45, 7) is 7.81. The van der Waals surface area contributed by atoms with Crippen molar-refractivity contribution in [3.8, 4) is 12.3 Å². The summed E-state index contributed by atoms with van der Waals surface area (Å²) in [6, 6.07) is 0.468. The third kappa shape index (κ3) is 6.97. The van der Waals surface area contributed by atoms with Gasteiger partial charge in [0.15, 0.2) is 0 Å². The highest BCUT2D eigenvalue weighted by Gasteiger charge is 2.07. The predicted molar refractivity (Wildman–Crippen MR) is 64.2 cm³/mol. The van der Waals surface area contributed by atoms with Crippen molar-refractivity contribution in [2.75, 3.05) is 6.54 Å². The van der Waals surface area contributed by atoms with Gasteiger partial charge in [0.25, 0.3) is 0 Å². The SMILES string of the molecule is C#CCC(C)NCC(CC)CCCC. The van der Waals surface area contributed by atoms with E-state index in [4.69, 9.17) is 6.42 Å². The van der Waals surface area contributed by atoms with Gasteiger partial charge in [-0.15, -0.1) is 12.3 Å². The molecule has 0 spiro atoms. The molecule has 0 aromatic heterocycles. The van der Waals surface area contributed by atoms with Gasteiger partial charge in [-0.2, -0.15) is 0 Å². The molecule has 2 atom stereocenters. The van der Waals surface area contributed by atoms with Crippen molar-refractivity contribution >= 4 is 0 Å². The second kappa shape index (κ2) is 9.09. The Morgan fingerprint density at radius 3 is 2.57 bits per heavy atom. The molecule has 0 saturated heterocycles. The van der Waals surface area contributed by atoms with Crippen LogP contribution in [0, 0.1) is 18.3 Å². The Kier molecular flexibility index (Phi) is 8.78. The van der Waals surface area contributed by atoms with Crippen molar-refractivity contribution in [1.29, 1.82) is 0 Å². The van der Waals surface area contributed by atoms with Crippen LogP contribution in [0.1, 0.15) is 52.9 Å². The highest BCUT2D eigenvalue weighted by molar-refractivity contribution is 4.88. The minimum Gasteiger partial charge on any atom is -0.313 e. The van der Waals surface area contributed by atoms with Gasteiger partial charge in [-0.25, -0.2) is 0 Å². The molecule has 0 aromatic rings. The molecule has 0 aliphatic carbocycles. The highest BCUT2D eigenvalue weighted by atomic mass is 14.9. The lowest BCUT2D eigenvalue weighted by Crippen LogP contribution is -2.30. The molecule has 14 heavy (non-hydrogen) atoms. The fourth-order valence-electron chi connectivity index (χ4n) is 1.56. The van der Waals surface area contributed by atoms with E-state index in [1.54, 1.807) is 0 Å². The van der Waals surface area contributed by atoms with Crippen LogP contribution < -0.4 is 5.32 Å². The Morgan fingerprint density at radius 2 is 2.07 bits per heavy atom. The summed E-state index contributed by atoms with van der Waals surface area (Å²) in [5, 5.41) is 3.50. The largest absolute Gasteiger partial charge is 0.313 e. The van der Waals surface area contributed by atoms with Crippen LogP contribution in [-0.2, 0) is 0 Å². The van der Waals surface area contributed by atoms with Crippen molar-refractivity contribution in [3.05, 3.63) is 0 Å². The van der Waals surface area contributed by atoms with Crippen molar-refractivity contribution in [2.45, 2.75) is 58.9 Å². The molecule has 82 valence electrons. The van der Waals surface area contributed by atoms with Gasteiger partial charge in [0.1, 0.15) is 0 Å². The molecule has 1 nitrogen and oxygen atoms in total. The number of unbranched alkanes of at least 4 members (excludes halogenated alkanes) is 1. The molecule has 0 fully saturated rings. The molecule has 0 amide bonds. The Labute approximate surface area is 89.7 Å². The second-order valence-electron chi connectivity index (χ2n) is 4.13. The first kappa shape index (κ1) is 13.5. The summed E-state index contributed by atoms with van der Waals surface area (Å²) in [5.74, 6) is 3.52. The standard InChI is InChI=1S/C13H25N/c1-5-8-10-13(7-3)11-14-12(4)9-6-2/h2,12-14H,5,7-11H2,1,3-4H3. The van der Waals surface area contributed by atoms with Crippen LogP contribution in [0.4, 0.5) is 0 Å². The van der Waals surface area contributed by atoms with E-state index >= 15 is 0 Å². The molecule has 1 N–H and O–H groups in total. The van der Waals surface area contributed by atoms with Crippen LogP contribution in [0.3, 0.4) is 0 Å². The maximum atomic E-state index is 5.26. The topological polar surface area (TPSA) is 12.0 Å². The van der Waals surface area contributed by atoms with Gasteiger partial charge in [0, 0.05) is 12.5 Å². The lowest BCUT2D eigenvalue weighted by molar-refractivity contribution is 0.397. The minimum atomic E-state index is 0.468. The molecule has 0 saturated carbocycles. The first-order chi connectivity index (χ1) is 6.74. The lowest BCUT2D eigenvalue weighted by atomic mass is 9.99. The molecule has 0 aliphatic heterocycles. The van der Waals surface area contributed by atoms with Gasteiger partial charge in [-0.3, -0.25) is 0 Å². The summed E-state index contributed by atoms with van der Waals surface area (Å²) >= 11 is 0. The first-order valence-electron chi connectivity index (χ1n) is 5.91. The van der Waals surface area contributed by atoms with Crippen LogP contribution in [0.15, 0.2) is 0 Å². The molecular formula is C13H25N. The van der Waals surface area contributed by atoms with Crippen molar-refractivity contribution in [2.24, 2.45) is 5.92 Å². The van der Waals surface area contributed by atoms with Gasteiger partial charge < -0.3 is 5.32 Å². The quantitative estimate of drug-likeness (QED) is 0.586. The zero-order valence-electron chi connectivity index (χ0n) is 9.97. The summed E-state index contributed by atoms with van der Waals surface area (Å²) in [5.41, 5.74) is 0. The number of terminal acetylenes is 1. The minimum absolute atomic E-state index is 0.468. The van der Waals surface area contributed by atoms with E-state index in [0.717, 1.165) is 18.9 Å². The maximum Gasteiger partial charge on any atom is 0.0238 e. The van der Waals surface area contributed by atoms with E-state index in [0.29, 0.717) is 6.04 Å². The van der Waals surface area contributed by atoms with E-state index in [2.05, 4.69) is 32.0 Å². The Balaban J connectivity index is 3.56. The Hall–Kier alpha value is -0.480. The van der Waals surface area contributed by atoms with Crippen LogP contribution in [-0.4, -0.2) is 12.6 Å². The molecule has 0 aliphatic rings. The summed E-state index contributed by atoms with van der Waals surface area (Å²) in [7, 11) is 0. The zero-order valence-corrected chi connectivity index (χ0v) is 9.97. The fraction of sp³-hybridized carbons (Fsp3) is 0.846. The summed E-state index contributed by atoms with van der Waals surface area (Å²) in [6.07, 6.45) is 11.4. The van der Waals surface area contributed by atoms with E-state index in [9.17, 15) is 0 Å². The molecule has 0 radical (unpaired) electrons. The maximum absolute atomic E-state index is 5.26. The number of hydrogen-bond acceptors (Lipinski definition) is 1. The molecule has 0 bridgehead atoms. The third-order valence-corrected chi connectivity index (χ3v) is 2.72. The van der Waals surface area contributed by atoms with E-state index < -0.39 is 0 Å². The molecule has 1 heteroatoms. The van der Waals surface area contributed by atoms with Gasteiger partial charge in [0.2, 0.25) is 0 Å². The monoisotopic (exact) mass is 195 g/mol. The number of rotatable bonds is 8. The van der Waals surface area contributed by atoms with Crippen LogP contribution in [0.5, 0.6) is 0 Å². The zero-order chi connectivity index (χ0) is 10.8. The molecule has 0 heterocycles. The Morgan fingerprint density at radius 1 is 1.36 bits per heavy atom. The third-order valence-electron chi connectivity index (χ3n) is 2.72. The van der Waals surface area contributed by atoms with E-state index in [1.165, 1.54) is 25.7 Å². The normalized spacial score (nSPS) is 14.7.